The third kappa shape index (κ3) is 3.99. The fraction of sp³-hybridized carbons (Fsp3) is 0.400. The molecule has 0 atom stereocenters. The van der Waals surface area contributed by atoms with E-state index in [1.54, 1.807) is 0 Å². The predicted octanol–water partition coefficient (Wildman–Crippen LogP) is 3.72. The second-order valence-electron chi connectivity index (χ2n) is 4.61. The van der Waals surface area contributed by atoms with E-state index in [1.807, 2.05) is 31.2 Å². The highest BCUT2D eigenvalue weighted by atomic mass is 35.5. The SMILES string of the molecule is CCCNCc1c(Cl)cccc1OCc1cc(C)on1. The fourth-order valence-corrected chi connectivity index (χ4v) is 2.11. The molecule has 0 fully saturated rings. The van der Waals surface area contributed by atoms with Gasteiger partial charge in [0.2, 0.25) is 0 Å². The van der Waals surface area contributed by atoms with Gasteiger partial charge in [0.1, 0.15) is 23.8 Å². The average Bonchev–Trinajstić information content (AvgIpc) is 2.85. The van der Waals surface area contributed by atoms with Gasteiger partial charge in [0, 0.05) is 23.2 Å². The Morgan fingerprint density at radius 2 is 2.25 bits per heavy atom. The van der Waals surface area contributed by atoms with Crippen LogP contribution in [-0.4, -0.2) is 11.7 Å². The van der Waals surface area contributed by atoms with E-state index in [0.717, 1.165) is 35.7 Å². The molecule has 0 bridgehead atoms. The maximum absolute atomic E-state index is 6.24. The molecule has 1 aromatic carbocycles. The Labute approximate surface area is 124 Å². The van der Waals surface area contributed by atoms with Crippen LogP contribution in [0.15, 0.2) is 28.8 Å². The summed E-state index contributed by atoms with van der Waals surface area (Å²) in [5, 5.41) is 7.96. The molecule has 20 heavy (non-hydrogen) atoms. The number of aromatic nitrogens is 1. The minimum absolute atomic E-state index is 0.373. The summed E-state index contributed by atoms with van der Waals surface area (Å²) in [7, 11) is 0. The van der Waals surface area contributed by atoms with Gasteiger partial charge in [0.15, 0.2) is 0 Å². The van der Waals surface area contributed by atoms with E-state index in [0.29, 0.717) is 18.2 Å². The number of nitrogens with zero attached hydrogens (tertiary/aromatic N) is 1. The molecule has 0 aliphatic rings. The van der Waals surface area contributed by atoms with E-state index in [4.69, 9.17) is 20.9 Å². The Kier molecular flexibility index (Phi) is 5.44. The highest BCUT2D eigenvalue weighted by Gasteiger charge is 2.09. The van der Waals surface area contributed by atoms with E-state index >= 15 is 0 Å². The van der Waals surface area contributed by atoms with E-state index < -0.39 is 0 Å². The van der Waals surface area contributed by atoms with Crippen molar-refractivity contribution in [1.82, 2.24) is 10.5 Å². The van der Waals surface area contributed by atoms with Crippen LogP contribution < -0.4 is 10.1 Å². The number of halogens is 1. The molecular formula is C15H19ClN2O2. The van der Waals surface area contributed by atoms with Crippen LogP contribution in [0.2, 0.25) is 5.02 Å². The molecule has 0 saturated carbocycles. The van der Waals surface area contributed by atoms with Crippen LogP contribution in [0.4, 0.5) is 0 Å². The van der Waals surface area contributed by atoms with Crippen LogP contribution in [0.25, 0.3) is 0 Å². The summed E-state index contributed by atoms with van der Waals surface area (Å²) < 4.78 is 10.8. The molecule has 1 N–H and O–H groups in total. The van der Waals surface area contributed by atoms with Crippen LogP contribution in [0.3, 0.4) is 0 Å². The van der Waals surface area contributed by atoms with Crippen LogP contribution in [0.1, 0.15) is 30.4 Å². The molecule has 5 heteroatoms. The average molecular weight is 295 g/mol. The number of hydrogen-bond donors (Lipinski definition) is 1. The van der Waals surface area contributed by atoms with Crippen molar-refractivity contribution in [3.63, 3.8) is 0 Å². The van der Waals surface area contributed by atoms with E-state index in [1.165, 1.54) is 0 Å². The van der Waals surface area contributed by atoms with Crippen molar-refractivity contribution in [3.8, 4) is 5.75 Å². The van der Waals surface area contributed by atoms with Crippen molar-refractivity contribution in [1.29, 1.82) is 0 Å². The van der Waals surface area contributed by atoms with Crippen molar-refractivity contribution in [2.45, 2.75) is 33.4 Å². The number of ether oxygens (including phenoxy) is 1. The molecule has 0 amide bonds. The van der Waals surface area contributed by atoms with Crippen molar-refractivity contribution >= 4 is 11.6 Å². The van der Waals surface area contributed by atoms with Crippen molar-refractivity contribution in [2.24, 2.45) is 0 Å². The third-order valence-corrected chi connectivity index (χ3v) is 3.21. The number of aryl methyl sites for hydroxylation is 1. The van der Waals surface area contributed by atoms with Gasteiger partial charge in [0.05, 0.1) is 0 Å². The molecule has 0 unspecified atom stereocenters. The van der Waals surface area contributed by atoms with Crippen LogP contribution in [0.5, 0.6) is 5.75 Å². The van der Waals surface area contributed by atoms with E-state index in [-0.39, 0.29) is 0 Å². The molecule has 1 heterocycles. The lowest BCUT2D eigenvalue weighted by molar-refractivity contribution is 0.284. The minimum atomic E-state index is 0.373. The number of hydrogen-bond acceptors (Lipinski definition) is 4. The Balaban J connectivity index is 2.04. The first-order valence-corrected chi connectivity index (χ1v) is 7.11. The summed E-state index contributed by atoms with van der Waals surface area (Å²) in [5.41, 5.74) is 1.75. The lowest BCUT2D eigenvalue weighted by atomic mass is 10.2. The number of benzene rings is 1. The number of nitrogens with one attached hydrogen (secondary N) is 1. The summed E-state index contributed by atoms with van der Waals surface area (Å²) >= 11 is 6.24. The largest absolute Gasteiger partial charge is 0.487 e. The zero-order valence-corrected chi connectivity index (χ0v) is 12.5. The van der Waals surface area contributed by atoms with Crippen LogP contribution in [-0.2, 0) is 13.2 Å². The standard InChI is InChI=1S/C15H19ClN2O2/c1-3-7-17-9-13-14(16)5-4-6-15(13)19-10-12-8-11(2)20-18-12/h4-6,8,17H,3,7,9-10H2,1-2H3. The van der Waals surface area contributed by atoms with E-state index in [9.17, 15) is 0 Å². The zero-order chi connectivity index (χ0) is 14.4. The molecule has 0 aliphatic carbocycles. The summed E-state index contributed by atoms with van der Waals surface area (Å²) in [6.07, 6.45) is 1.08. The Hall–Kier alpha value is -1.52. The molecule has 0 spiro atoms. The van der Waals surface area contributed by atoms with Crippen molar-refractivity contribution in [3.05, 3.63) is 46.3 Å². The second kappa shape index (κ2) is 7.31. The van der Waals surface area contributed by atoms with Crippen molar-refractivity contribution < 1.29 is 9.26 Å². The second-order valence-corrected chi connectivity index (χ2v) is 5.02. The normalized spacial score (nSPS) is 10.8. The Bertz CT molecular complexity index is 555. The van der Waals surface area contributed by atoms with Crippen molar-refractivity contribution in [2.75, 3.05) is 6.54 Å². The Morgan fingerprint density at radius 3 is 2.95 bits per heavy atom. The van der Waals surface area contributed by atoms with Gasteiger partial charge < -0.3 is 14.6 Å². The number of rotatable bonds is 7. The molecular weight excluding hydrogens is 276 g/mol. The lowest BCUT2D eigenvalue weighted by Gasteiger charge is -2.12. The zero-order valence-electron chi connectivity index (χ0n) is 11.8. The van der Waals surface area contributed by atoms with Gasteiger partial charge >= 0.3 is 0 Å². The van der Waals surface area contributed by atoms with Crippen LogP contribution in [0, 0.1) is 6.92 Å². The highest BCUT2D eigenvalue weighted by molar-refractivity contribution is 6.31. The maximum Gasteiger partial charge on any atom is 0.134 e. The van der Waals surface area contributed by atoms with Gasteiger partial charge in [-0.15, -0.1) is 0 Å². The van der Waals surface area contributed by atoms with Gasteiger partial charge in [-0.25, -0.2) is 0 Å². The van der Waals surface area contributed by atoms with Gasteiger partial charge in [-0.2, -0.15) is 0 Å². The van der Waals surface area contributed by atoms with Gasteiger partial charge in [-0.1, -0.05) is 29.7 Å². The first-order chi connectivity index (χ1) is 9.70. The molecule has 2 aromatic rings. The summed E-state index contributed by atoms with van der Waals surface area (Å²) in [6, 6.07) is 7.54. The van der Waals surface area contributed by atoms with E-state index in [2.05, 4.69) is 17.4 Å². The Morgan fingerprint density at radius 1 is 1.40 bits per heavy atom. The van der Waals surface area contributed by atoms with Gasteiger partial charge in [-0.05, 0) is 32.0 Å². The smallest absolute Gasteiger partial charge is 0.134 e. The lowest BCUT2D eigenvalue weighted by Crippen LogP contribution is -2.15. The minimum Gasteiger partial charge on any atom is -0.487 e. The van der Waals surface area contributed by atoms with Gasteiger partial charge in [-0.3, -0.25) is 0 Å². The molecule has 0 radical (unpaired) electrons. The topological polar surface area (TPSA) is 47.3 Å². The fourth-order valence-electron chi connectivity index (χ4n) is 1.87. The summed E-state index contributed by atoms with van der Waals surface area (Å²) in [5.74, 6) is 1.56. The highest BCUT2D eigenvalue weighted by Crippen LogP contribution is 2.27. The third-order valence-electron chi connectivity index (χ3n) is 2.86. The van der Waals surface area contributed by atoms with Crippen LogP contribution >= 0.6 is 11.6 Å². The molecule has 2 rings (SSSR count). The maximum atomic E-state index is 6.24. The molecule has 0 aliphatic heterocycles. The summed E-state index contributed by atoms with van der Waals surface area (Å²) in [6.45, 7) is 6.01. The molecule has 0 saturated heterocycles. The molecule has 108 valence electrons. The first kappa shape index (κ1) is 14.9. The predicted molar refractivity (Wildman–Crippen MR) is 79.0 cm³/mol. The summed E-state index contributed by atoms with van der Waals surface area (Å²) in [4.78, 5) is 0. The first-order valence-electron chi connectivity index (χ1n) is 6.73. The molecule has 4 nitrogen and oxygen atoms in total. The monoisotopic (exact) mass is 294 g/mol. The van der Waals surface area contributed by atoms with Gasteiger partial charge in [0.25, 0.3) is 0 Å². The quantitative estimate of drug-likeness (QED) is 0.791. The molecule has 1 aromatic heterocycles.